The van der Waals surface area contributed by atoms with E-state index in [0.717, 1.165) is 32.1 Å². The molecule has 1 aliphatic carbocycles. The molecular formula is C21H38O4. The Morgan fingerprint density at radius 3 is 1.96 bits per heavy atom. The Morgan fingerprint density at radius 1 is 0.840 bits per heavy atom. The van der Waals surface area contributed by atoms with Crippen LogP contribution in [0.2, 0.25) is 0 Å². The monoisotopic (exact) mass is 354 g/mol. The molecular weight excluding hydrogens is 316 g/mol. The Hall–Kier alpha value is -1.06. The highest BCUT2D eigenvalue weighted by Crippen LogP contribution is 2.30. The SMILES string of the molecule is CCCCCCCCC(CCCC)OC(=O)C1CCC(C(=O)O)CC1. The molecule has 1 fully saturated rings. The summed E-state index contributed by atoms with van der Waals surface area (Å²) in [5.41, 5.74) is 0. The lowest BCUT2D eigenvalue weighted by Crippen LogP contribution is -2.29. The second-order valence-corrected chi connectivity index (χ2v) is 7.64. The van der Waals surface area contributed by atoms with Crippen LogP contribution in [-0.2, 0) is 14.3 Å². The van der Waals surface area contributed by atoms with Gasteiger partial charge in [-0.3, -0.25) is 9.59 Å². The van der Waals surface area contributed by atoms with E-state index >= 15 is 0 Å². The normalized spacial score (nSPS) is 21.7. The lowest BCUT2D eigenvalue weighted by Gasteiger charge is -2.27. The zero-order valence-corrected chi connectivity index (χ0v) is 16.3. The van der Waals surface area contributed by atoms with Crippen molar-refractivity contribution in [1.82, 2.24) is 0 Å². The zero-order chi connectivity index (χ0) is 18.5. The zero-order valence-electron chi connectivity index (χ0n) is 16.3. The summed E-state index contributed by atoms with van der Waals surface area (Å²) in [5.74, 6) is -1.18. The highest BCUT2D eigenvalue weighted by Gasteiger charge is 2.31. The summed E-state index contributed by atoms with van der Waals surface area (Å²) in [4.78, 5) is 23.5. The minimum absolute atomic E-state index is 0.0517. The van der Waals surface area contributed by atoms with Crippen LogP contribution in [-0.4, -0.2) is 23.1 Å². The number of rotatable bonds is 13. The van der Waals surface area contributed by atoms with Gasteiger partial charge in [-0.05, 0) is 44.9 Å². The molecule has 1 rings (SSSR count). The van der Waals surface area contributed by atoms with Gasteiger partial charge in [0.2, 0.25) is 0 Å². The van der Waals surface area contributed by atoms with E-state index in [0.29, 0.717) is 25.7 Å². The Labute approximate surface area is 153 Å². The predicted octanol–water partition coefficient (Wildman–Crippen LogP) is 5.73. The number of ether oxygens (including phenoxy) is 1. The summed E-state index contributed by atoms with van der Waals surface area (Å²) in [6.07, 6.45) is 14.3. The van der Waals surface area contributed by atoms with Crippen molar-refractivity contribution < 1.29 is 19.4 Å². The van der Waals surface area contributed by atoms with E-state index in [1.165, 1.54) is 32.1 Å². The van der Waals surface area contributed by atoms with Gasteiger partial charge in [0.25, 0.3) is 0 Å². The maximum absolute atomic E-state index is 12.5. The molecule has 146 valence electrons. The minimum atomic E-state index is -0.726. The van der Waals surface area contributed by atoms with E-state index in [9.17, 15) is 9.59 Å². The Balaban J connectivity index is 2.32. The first-order valence-corrected chi connectivity index (χ1v) is 10.5. The van der Waals surface area contributed by atoms with E-state index in [4.69, 9.17) is 9.84 Å². The van der Waals surface area contributed by atoms with Crippen molar-refractivity contribution in [3.05, 3.63) is 0 Å². The van der Waals surface area contributed by atoms with Gasteiger partial charge >= 0.3 is 11.9 Å². The first-order valence-electron chi connectivity index (χ1n) is 10.5. The summed E-state index contributed by atoms with van der Waals surface area (Å²) in [6.45, 7) is 4.39. The number of hydrogen-bond acceptors (Lipinski definition) is 3. The molecule has 1 saturated carbocycles. The predicted molar refractivity (Wildman–Crippen MR) is 100 cm³/mol. The molecule has 4 heteroatoms. The number of unbranched alkanes of at least 4 members (excludes halogenated alkanes) is 6. The van der Waals surface area contributed by atoms with Crippen molar-refractivity contribution in [2.24, 2.45) is 11.8 Å². The third-order valence-electron chi connectivity index (χ3n) is 5.45. The van der Waals surface area contributed by atoms with Gasteiger partial charge in [0.1, 0.15) is 6.10 Å². The van der Waals surface area contributed by atoms with Crippen LogP contribution in [0.3, 0.4) is 0 Å². The van der Waals surface area contributed by atoms with Gasteiger partial charge in [-0.1, -0.05) is 58.8 Å². The van der Waals surface area contributed by atoms with Gasteiger partial charge in [0, 0.05) is 0 Å². The first-order chi connectivity index (χ1) is 12.1. The molecule has 1 N–H and O–H groups in total. The molecule has 0 aromatic heterocycles. The lowest BCUT2D eigenvalue weighted by atomic mass is 9.82. The van der Waals surface area contributed by atoms with E-state index in [1.54, 1.807) is 0 Å². The van der Waals surface area contributed by atoms with Crippen LogP contribution in [0.25, 0.3) is 0 Å². The van der Waals surface area contributed by atoms with Gasteiger partial charge in [-0.15, -0.1) is 0 Å². The van der Waals surface area contributed by atoms with Gasteiger partial charge in [-0.25, -0.2) is 0 Å². The van der Waals surface area contributed by atoms with Gasteiger partial charge in [0.05, 0.1) is 11.8 Å². The molecule has 1 atom stereocenters. The molecule has 0 aromatic rings. The summed E-state index contributed by atoms with van der Waals surface area (Å²) in [6, 6.07) is 0. The van der Waals surface area contributed by atoms with Crippen LogP contribution in [0.15, 0.2) is 0 Å². The van der Waals surface area contributed by atoms with Crippen LogP contribution < -0.4 is 0 Å². The molecule has 0 aliphatic heterocycles. The Bertz CT molecular complexity index is 372. The number of carboxylic acid groups (broad SMARTS) is 1. The molecule has 1 unspecified atom stereocenters. The fourth-order valence-corrected chi connectivity index (χ4v) is 3.68. The molecule has 0 heterocycles. The molecule has 0 bridgehead atoms. The third-order valence-corrected chi connectivity index (χ3v) is 5.45. The van der Waals surface area contributed by atoms with Crippen LogP contribution in [0.1, 0.15) is 104 Å². The standard InChI is InChI=1S/C21H38O4/c1-3-5-7-8-9-10-12-19(11-6-4-2)25-21(24)18-15-13-17(14-16-18)20(22)23/h17-19H,3-16H2,1-2H3,(H,22,23). The van der Waals surface area contributed by atoms with Crippen molar-refractivity contribution in [2.45, 2.75) is 110 Å². The van der Waals surface area contributed by atoms with Gasteiger partial charge in [0.15, 0.2) is 0 Å². The molecule has 25 heavy (non-hydrogen) atoms. The number of esters is 1. The number of hydrogen-bond donors (Lipinski definition) is 1. The largest absolute Gasteiger partial charge is 0.481 e. The molecule has 0 aromatic carbocycles. The van der Waals surface area contributed by atoms with E-state index in [1.807, 2.05) is 0 Å². The summed E-state index contributed by atoms with van der Waals surface area (Å²) in [7, 11) is 0. The fourth-order valence-electron chi connectivity index (χ4n) is 3.68. The minimum Gasteiger partial charge on any atom is -0.481 e. The molecule has 0 spiro atoms. The number of carbonyl (C=O) groups is 2. The third kappa shape index (κ3) is 9.27. The summed E-state index contributed by atoms with van der Waals surface area (Å²) in [5, 5.41) is 9.06. The topological polar surface area (TPSA) is 63.6 Å². The quantitative estimate of drug-likeness (QED) is 0.339. The number of carbonyl (C=O) groups excluding carboxylic acids is 1. The van der Waals surface area contributed by atoms with Crippen LogP contribution >= 0.6 is 0 Å². The maximum Gasteiger partial charge on any atom is 0.309 e. The Kier molecular flexibility index (Phi) is 11.6. The van der Waals surface area contributed by atoms with Crippen molar-refractivity contribution >= 4 is 11.9 Å². The Morgan fingerprint density at radius 2 is 1.36 bits per heavy atom. The van der Waals surface area contributed by atoms with E-state index < -0.39 is 5.97 Å². The first kappa shape index (κ1) is 22.0. The van der Waals surface area contributed by atoms with Crippen molar-refractivity contribution in [2.75, 3.05) is 0 Å². The van der Waals surface area contributed by atoms with Crippen molar-refractivity contribution in [3.63, 3.8) is 0 Å². The fraction of sp³-hybridized carbons (Fsp3) is 0.905. The highest BCUT2D eigenvalue weighted by atomic mass is 16.5. The van der Waals surface area contributed by atoms with Gasteiger partial charge < -0.3 is 9.84 Å². The highest BCUT2D eigenvalue weighted by molar-refractivity contribution is 5.74. The average Bonchev–Trinajstić information content (AvgIpc) is 2.62. The average molecular weight is 355 g/mol. The smallest absolute Gasteiger partial charge is 0.309 e. The van der Waals surface area contributed by atoms with E-state index in [2.05, 4.69) is 13.8 Å². The molecule has 4 nitrogen and oxygen atoms in total. The number of carboxylic acids is 1. The molecule has 0 amide bonds. The van der Waals surface area contributed by atoms with Crippen LogP contribution in [0, 0.1) is 11.8 Å². The molecule has 1 aliphatic rings. The number of aliphatic carboxylic acids is 1. The second kappa shape index (κ2) is 13.2. The summed E-state index contributed by atoms with van der Waals surface area (Å²) < 4.78 is 5.83. The van der Waals surface area contributed by atoms with Crippen molar-refractivity contribution in [1.29, 1.82) is 0 Å². The molecule has 0 radical (unpaired) electrons. The lowest BCUT2D eigenvalue weighted by molar-refractivity contribution is -0.158. The maximum atomic E-state index is 12.5. The van der Waals surface area contributed by atoms with Gasteiger partial charge in [-0.2, -0.15) is 0 Å². The summed E-state index contributed by atoms with van der Waals surface area (Å²) >= 11 is 0. The van der Waals surface area contributed by atoms with E-state index in [-0.39, 0.29) is 23.9 Å². The van der Waals surface area contributed by atoms with Crippen LogP contribution in [0.4, 0.5) is 0 Å². The van der Waals surface area contributed by atoms with Crippen LogP contribution in [0.5, 0.6) is 0 Å². The second-order valence-electron chi connectivity index (χ2n) is 7.64. The van der Waals surface area contributed by atoms with Crippen molar-refractivity contribution in [3.8, 4) is 0 Å². The molecule has 0 saturated heterocycles.